The maximum atomic E-state index is 12.9. The molecule has 0 amide bonds. The van der Waals surface area contributed by atoms with Gasteiger partial charge in [0, 0.05) is 6.07 Å². The van der Waals surface area contributed by atoms with Crippen molar-refractivity contribution in [3.05, 3.63) is 64.4 Å². The summed E-state index contributed by atoms with van der Waals surface area (Å²) in [5, 5.41) is 3.85. The van der Waals surface area contributed by atoms with Crippen LogP contribution in [0.5, 0.6) is 11.8 Å². The van der Waals surface area contributed by atoms with Gasteiger partial charge in [-0.2, -0.15) is 4.68 Å². The number of nitrogens with zero attached hydrogens (tertiary/aromatic N) is 2. The summed E-state index contributed by atoms with van der Waals surface area (Å²) in [6.07, 6.45) is -0.156. The highest BCUT2D eigenvalue weighted by molar-refractivity contribution is 5.60. The number of halogens is 1. The van der Waals surface area contributed by atoms with Crippen molar-refractivity contribution in [2.24, 2.45) is 0 Å². The molecule has 0 aliphatic rings. The van der Waals surface area contributed by atoms with Crippen LogP contribution in [0.2, 0.25) is 0 Å². The Hall–Kier alpha value is -3.29. The van der Waals surface area contributed by atoms with Crippen LogP contribution in [0.3, 0.4) is 0 Å². The fourth-order valence-electron chi connectivity index (χ4n) is 2.06. The van der Waals surface area contributed by atoms with Crippen LogP contribution in [-0.2, 0) is 6.61 Å². The molecule has 8 heteroatoms. The van der Waals surface area contributed by atoms with Gasteiger partial charge in [0.1, 0.15) is 18.2 Å². The standard InChI is InChI=1S/C16H14FN3O4/c1-22-15-19-20(16(21)24-15)14-7-6-12(8-13(14)18)23-9-10-2-4-11(17)5-3-10/h2-8H,9,18H2,1H3. The molecule has 0 unspecified atom stereocenters. The van der Waals surface area contributed by atoms with E-state index in [-0.39, 0.29) is 24.2 Å². The van der Waals surface area contributed by atoms with Gasteiger partial charge in [-0.15, -0.1) is 0 Å². The second-order valence-corrected chi connectivity index (χ2v) is 4.89. The van der Waals surface area contributed by atoms with Crippen molar-refractivity contribution < 1.29 is 18.3 Å². The van der Waals surface area contributed by atoms with Gasteiger partial charge in [0.05, 0.1) is 18.5 Å². The van der Waals surface area contributed by atoms with Crippen LogP contribution < -0.4 is 21.0 Å². The van der Waals surface area contributed by atoms with Crippen LogP contribution >= 0.6 is 0 Å². The molecule has 0 atom stereocenters. The average Bonchev–Trinajstić information content (AvgIpc) is 2.95. The highest BCUT2D eigenvalue weighted by Crippen LogP contribution is 2.23. The molecule has 0 spiro atoms. The Bertz CT molecular complexity index is 902. The molecule has 0 aliphatic heterocycles. The lowest BCUT2D eigenvalue weighted by atomic mass is 10.2. The van der Waals surface area contributed by atoms with E-state index in [4.69, 9.17) is 19.6 Å². The van der Waals surface area contributed by atoms with Crippen molar-refractivity contribution in [2.45, 2.75) is 6.61 Å². The monoisotopic (exact) mass is 331 g/mol. The fourth-order valence-corrected chi connectivity index (χ4v) is 2.06. The van der Waals surface area contributed by atoms with Crippen molar-refractivity contribution in [3.8, 4) is 17.5 Å². The number of methoxy groups -OCH3 is 1. The number of ether oxygens (including phenoxy) is 2. The molecule has 3 rings (SSSR count). The zero-order valence-electron chi connectivity index (χ0n) is 12.7. The molecule has 24 heavy (non-hydrogen) atoms. The minimum Gasteiger partial charge on any atom is -0.489 e. The molecule has 2 aromatic carbocycles. The van der Waals surface area contributed by atoms with Gasteiger partial charge in [0.25, 0.3) is 0 Å². The molecule has 2 N–H and O–H groups in total. The lowest BCUT2D eigenvalue weighted by molar-refractivity contribution is 0.282. The normalized spacial score (nSPS) is 10.6. The second kappa shape index (κ2) is 6.45. The number of anilines is 1. The van der Waals surface area contributed by atoms with Crippen molar-refractivity contribution >= 4 is 5.69 Å². The van der Waals surface area contributed by atoms with Gasteiger partial charge in [0.15, 0.2) is 0 Å². The van der Waals surface area contributed by atoms with Gasteiger partial charge in [-0.1, -0.05) is 17.2 Å². The van der Waals surface area contributed by atoms with E-state index in [1.165, 1.54) is 19.2 Å². The van der Waals surface area contributed by atoms with Gasteiger partial charge < -0.3 is 19.6 Å². The van der Waals surface area contributed by atoms with Gasteiger partial charge in [-0.25, -0.2) is 9.18 Å². The van der Waals surface area contributed by atoms with E-state index in [1.54, 1.807) is 30.3 Å². The summed E-state index contributed by atoms with van der Waals surface area (Å²) in [5.41, 5.74) is 7.40. The number of aromatic nitrogens is 2. The number of nitrogens with two attached hydrogens (primary N) is 1. The maximum absolute atomic E-state index is 12.9. The molecule has 0 fully saturated rings. The Kier molecular flexibility index (Phi) is 4.19. The topological polar surface area (TPSA) is 92.5 Å². The van der Waals surface area contributed by atoms with E-state index in [1.807, 2.05) is 0 Å². The van der Waals surface area contributed by atoms with E-state index in [0.29, 0.717) is 11.4 Å². The van der Waals surface area contributed by atoms with Crippen LogP contribution in [0.25, 0.3) is 5.69 Å². The molecule has 124 valence electrons. The highest BCUT2D eigenvalue weighted by atomic mass is 19.1. The first-order valence-corrected chi connectivity index (χ1v) is 6.98. The number of hydrogen-bond donors (Lipinski definition) is 1. The molecular formula is C16H14FN3O4. The van der Waals surface area contributed by atoms with Gasteiger partial charge in [0.2, 0.25) is 0 Å². The summed E-state index contributed by atoms with van der Waals surface area (Å²) < 4.78 is 29.0. The van der Waals surface area contributed by atoms with Gasteiger partial charge >= 0.3 is 11.8 Å². The Morgan fingerprint density at radius 2 is 2.00 bits per heavy atom. The third-order valence-electron chi connectivity index (χ3n) is 3.25. The second-order valence-electron chi connectivity index (χ2n) is 4.89. The van der Waals surface area contributed by atoms with E-state index in [0.717, 1.165) is 10.2 Å². The number of benzene rings is 2. The summed E-state index contributed by atoms with van der Waals surface area (Å²) >= 11 is 0. The molecule has 0 aliphatic carbocycles. The number of nitrogen functional groups attached to an aromatic ring is 1. The lowest BCUT2D eigenvalue weighted by Gasteiger charge is -2.09. The number of rotatable bonds is 5. The predicted octanol–water partition coefficient (Wildman–Crippen LogP) is 2.13. The van der Waals surface area contributed by atoms with Crippen molar-refractivity contribution in [3.63, 3.8) is 0 Å². The maximum Gasteiger partial charge on any atom is 0.444 e. The first-order chi connectivity index (χ1) is 11.6. The van der Waals surface area contributed by atoms with E-state index in [2.05, 4.69) is 5.10 Å². The summed E-state index contributed by atoms with van der Waals surface area (Å²) in [4.78, 5) is 11.7. The number of hydrogen-bond acceptors (Lipinski definition) is 6. The van der Waals surface area contributed by atoms with Crippen LogP contribution in [0.15, 0.2) is 51.7 Å². The predicted molar refractivity (Wildman–Crippen MR) is 83.8 cm³/mol. The average molecular weight is 331 g/mol. The van der Waals surface area contributed by atoms with Crippen molar-refractivity contribution in [1.29, 1.82) is 0 Å². The molecule has 3 aromatic rings. The molecule has 1 aromatic heterocycles. The Labute approximate surface area is 136 Å². The van der Waals surface area contributed by atoms with Crippen molar-refractivity contribution in [1.82, 2.24) is 9.78 Å². The quantitative estimate of drug-likeness (QED) is 0.720. The van der Waals surface area contributed by atoms with E-state index >= 15 is 0 Å². The zero-order valence-corrected chi connectivity index (χ0v) is 12.7. The summed E-state index contributed by atoms with van der Waals surface area (Å²) in [6.45, 7) is 0.261. The Balaban J connectivity index is 1.78. The molecule has 0 radical (unpaired) electrons. The third kappa shape index (κ3) is 3.22. The SMILES string of the molecule is COc1nn(-c2ccc(OCc3ccc(F)cc3)cc2N)c(=O)o1. The lowest BCUT2D eigenvalue weighted by Crippen LogP contribution is -2.15. The summed E-state index contributed by atoms with van der Waals surface area (Å²) in [6, 6.07) is 10.8. The van der Waals surface area contributed by atoms with Crippen LogP contribution in [0, 0.1) is 5.82 Å². The van der Waals surface area contributed by atoms with E-state index < -0.39 is 5.76 Å². The van der Waals surface area contributed by atoms with Crippen molar-refractivity contribution in [2.75, 3.05) is 12.8 Å². The molecule has 0 saturated heterocycles. The fraction of sp³-hybridized carbons (Fsp3) is 0.125. The third-order valence-corrected chi connectivity index (χ3v) is 3.25. The highest BCUT2D eigenvalue weighted by Gasteiger charge is 2.13. The Morgan fingerprint density at radius 3 is 2.62 bits per heavy atom. The van der Waals surface area contributed by atoms with Crippen LogP contribution in [0.4, 0.5) is 10.1 Å². The van der Waals surface area contributed by atoms with E-state index in [9.17, 15) is 9.18 Å². The molecule has 0 bridgehead atoms. The Morgan fingerprint density at radius 1 is 1.25 bits per heavy atom. The first kappa shape index (κ1) is 15.6. The smallest absolute Gasteiger partial charge is 0.444 e. The summed E-state index contributed by atoms with van der Waals surface area (Å²) in [5.74, 6) is -0.511. The minimum absolute atomic E-state index is 0.156. The largest absolute Gasteiger partial charge is 0.489 e. The van der Waals surface area contributed by atoms with Gasteiger partial charge in [-0.05, 0) is 29.8 Å². The van der Waals surface area contributed by atoms with Crippen LogP contribution in [0.1, 0.15) is 5.56 Å². The summed E-state index contributed by atoms with van der Waals surface area (Å²) in [7, 11) is 1.34. The first-order valence-electron chi connectivity index (χ1n) is 6.98. The minimum atomic E-state index is -0.710. The zero-order chi connectivity index (χ0) is 17.1. The molecule has 1 heterocycles. The molecule has 7 nitrogen and oxygen atoms in total. The van der Waals surface area contributed by atoms with Crippen LogP contribution in [-0.4, -0.2) is 16.9 Å². The molecule has 0 saturated carbocycles. The molecular weight excluding hydrogens is 317 g/mol. The van der Waals surface area contributed by atoms with Gasteiger partial charge in [-0.3, -0.25) is 0 Å².